The van der Waals surface area contributed by atoms with Crippen LogP contribution in [0, 0.1) is 6.92 Å². The van der Waals surface area contributed by atoms with Crippen LogP contribution in [0.15, 0.2) is 73.2 Å². The van der Waals surface area contributed by atoms with Gasteiger partial charge in [-0.2, -0.15) is 13.2 Å². The van der Waals surface area contributed by atoms with Crippen LogP contribution >= 0.6 is 0 Å². The zero-order valence-corrected chi connectivity index (χ0v) is 22.9. The number of amides is 1. The monoisotopic (exact) mass is 560 g/mol. The molecule has 1 saturated heterocycles. The lowest BCUT2D eigenvalue weighted by Gasteiger charge is -2.31. The molecule has 2 aromatic carbocycles. The molecule has 7 nitrogen and oxygen atoms in total. The molecule has 0 aliphatic carbocycles. The van der Waals surface area contributed by atoms with Crippen molar-refractivity contribution in [3.8, 4) is 11.3 Å². The van der Waals surface area contributed by atoms with Crippen molar-refractivity contribution in [3.05, 3.63) is 95.4 Å². The van der Waals surface area contributed by atoms with Gasteiger partial charge >= 0.3 is 6.18 Å². The van der Waals surface area contributed by atoms with Crippen LogP contribution in [0.3, 0.4) is 0 Å². The summed E-state index contributed by atoms with van der Waals surface area (Å²) >= 11 is 0. The van der Waals surface area contributed by atoms with Crippen molar-refractivity contribution in [2.75, 3.05) is 30.3 Å². The van der Waals surface area contributed by atoms with Crippen LogP contribution in [-0.4, -0.2) is 45.4 Å². The number of carbonyl (C=O) groups excluding carboxylic acids is 1. The van der Waals surface area contributed by atoms with Crippen LogP contribution in [0.4, 0.5) is 30.5 Å². The number of carbonyl (C=O) groups is 1. The van der Waals surface area contributed by atoms with Crippen LogP contribution in [0.2, 0.25) is 0 Å². The first-order chi connectivity index (χ1) is 19.7. The van der Waals surface area contributed by atoms with Gasteiger partial charge in [-0.05, 0) is 98.9 Å². The number of hydrogen-bond acceptors (Lipinski definition) is 6. The third-order valence-corrected chi connectivity index (χ3v) is 7.45. The Morgan fingerprint density at radius 2 is 1.85 bits per heavy atom. The Kier molecular flexibility index (Phi) is 8.30. The molecule has 2 aromatic heterocycles. The van der Waals surface area contributed by atoms with Gasteiger partial charge in [0.15, 0.2) is 0 Å². The highest BCUT2D eigenvalue weighted by Gasteiger charge is 2.36. The van der Waals surface area contributed by atoms with Gasteiger partial charge in [0.2, 0.25) is 5.95 Å². The van der Waals surface area contributed by atoms with E-state index in [0.29, 0.717) is 28.6 Å². The van der Waals surface area contributed by atoms with E-state index in [2.05, 4.69) is 37.4 Å². The largest absolute Gasteiger partial charge is 0.417 e. The van der Waals surface area contributed by atoms with Gasteiger partial charge in [0.25, 0.3) is 5.91 Å². The molecule has 0 unspecified atom stereocenters. The summed E-state index contributed by atoms with van der Waals surface area (Å²) in [6, 6.07) is 14.6. The predicted octanol–water partition coefficient (Wildman–Crippen LogP) is 7.06. The molecule has 5 rings (SSSR count). The summed E-state index contributed by atoms with van der Waals surface area (Å²) < 4.78 is 42.3. The lowest BCUT2D eigenvalue weighted by molar-refractivity contribution is -0.138. The lowest BCUT2D eigenvalue weighted by Crippen LogP contribution is -2.32. The maximum absolute atomic E-state index is 14.1. The number of rotatable bonds is 7. The quantitative estimate of drug-likeness (QED) is 0.252. The lowest BCUT2D eigenvalue weighted by atomic mass is 9.87. The Bertz CT molecular complexity index is 1520. The number of halogens is 3. The van der Waals surface area contributed by atoms with E-state index in [0.717, 1.165) is 49.7 Å². The fourth-order valence-corrected chi connectivity index (χ4v) is 5.08. The molecule has 41 heavy (non-hydrogen) atoms. The topological polar surface area (TPSA) is 83.0 Å². The molecule has 0 radical (unpaired) electrons. The number of nitrogens with zero attached hydrogens (tertiary/aromatic N) is 4. The molecule has 1 amide bonds. The van der Waals surface area contributed by atoms with Crippen molar-refractivity contribution < 1.29 is 18.0 Å². The highest BCUT2D eigenvalue weighted by atomic mass is 19.4. The minimum Gasteiger partial charge on any atom is -0.324 e. The summed E-state index contributed by atoms with van der Waals surface area (Å²) in [6.07, 6.45) is 1.92. The molecule has 3 heterocycles. The van der Waals surface area contributed by atoms with E-state index in [4.69, 9.17) is 0 Å². The molecule has 0 spiro atoms. The van der Waals surface area contributed by atoms with E-state index in [1.54, 1.807) is 48.9 Å². The Morgan fingerprint density at radius 3 is 2.56 bits per heavy atom. The second-order valence-electron chi connectivity index (χ2n) is 10.1. The number of aryl methyl sites for hydroxylation is 1. The summed E-state index contributed by atoms with van der Waals surface area (Å²) in [5, 5.41) is 5.78. The van der Waals surface area contributed by atoms with Gasteiger partial charge in [0.05, 0.1) is 16.8 Å². The molecule has 10 heteroatoms. The van der Waals surface area contributed by atoms with Gasteiger partial charge in [-0.1, -0.05) is 19.1 Å². The number of alkyl halides is 3. The highest BCUT2D eigenvalue weighted by Crippen LogP contribution is 2.37. The summed E-state index contributed by atoms with van der Waals surface area (Å²) in [6.45, 7) is 6.59. The van der Waals surface area contributed by atoms with Crippen LogP contribution in [0.25, 0.3) is 11.3 Å². The predicted molar refractivity (Wildman–Crippen MR) is 153 cm³/mol. The Morgan fingerprint density at radius 1 is 1.05 bits per heavy atom. The average molecular weight is 561 g/mol. The van der Waals surface area contributed by atoms with Crippen LogP contribution < -0.4 is 10.6 Å². The number of benzene rings is 2. The van der Waals surface area contributed by atoms with E-state index in [-0.39, 0.29) is 5.92 Å². The normalized spacial score (nSPS) is 14.6. The van der Waals surface area contributed by atoms with E-state index < -0.39 is 23.2 Å². The molecule has 1 fully saturated rings. The first-order valence-electron chi connectivity index (χ1n) is 13.6. The van der Waals surface area contributed by atoms with Crippen LogP contribution in [-0.2, 0) is 6.18 Å². The van der Waals surface area contributed by atoms with Crippen molar-refractivity contribution >= 4 is 23.2 Å². The fraction of sp³-hybridized carbons (Fsp3) is 0.290. The van der Waals surface area contributed by atoms with Crippen LogP contribution in [0.5, 0.6) is 0 Å². The first-order valence-corrected chi connectivity index (χ1v) is 13.6. The molecule has 1 aliphatic heterocycles. The maximum Gasteiger partial charge on any atom is 0.417 e. The Labute approximate surface area is 236 Å². The average Bonchev–Trinajstić information content (AvgIpc) is 2.99. The van der Waals surface area contributed by atoms with E-state index >= 15 is 0 Å². The minimum atomic E-state index is -4.66. The molecule has 1 aliphatic rings. The molecule has 0 bridgehead atoms. The number of likely N-dealkylation sites (tertiary alicyclic amines) is 1. The second kappa shape index (κ2) is 12.1. The SMILES string of the molecule is CCN1CCC(c2ccc(C(=O)Nc3ccc(C)c(Nc4nccc(-c5cccnc5)n4)c3)c(C(F)(F)F)c2)CC1. The smallest absolute Gasteiger partial charge is 0.324 e. The van der Waals surface area contributed by atoms with Gasteiger partial charge < -0.3 is 15.5 Å². The highest BCUT2D eigenvalue weighted by molar-refractivity contribution is 6.05. The Hall–Kier alpha value is -4.31. The molecule has 0 atom stereocenters. The van der Waals surface area contributed by atoms with Crippen molar-refractivity contribution in [1.82, 2.24) is 19.9 Å². The third kappa shape index (κ3) is 6.71. The van der Waals surface area contributed by atoms with E-state index in [1.165, 1.54) is 6.07 Å². The van der Waals surface area contributed by atoms with Gasteiger partial charge in [0.1, 0.15) is 0 Å². The van der Waals surface area contributed by atoms with Gasteiger partial charge in [-0.15, -0.1) is 0 Å². The van der Waals surface area contributed by atoms with Crippen LogP contribution in [0.1, 0.15) is 52.7 Å². The Balaban J connectivity index is 1.35. The molecule has 212 valence electrons. The molecule has 4 aromatic rings. The molecule has 0 saturated carbocycles. The molecule has 2 N–H and O–H groups in total. The number of pyridine rings is 1. The third-order valence-electron chi connectivity index (χ3n) is 7.45. The van der Waals surface area contributed by atoms with Crippen molar-refractivity contribution in [3.63, 3.8) is 0 Å². The van der Waals surface area contributed by atoms with Gasteiger partial charge in [-0.3, -0.25) is 9.78 Å². The maximum atomic E-state index is 14.1. The molecular weight excluding hydrogens is 529 g/mol. The number of anilines is 3. The fourth-order valence-electron chi connectivity index (χ4n) is 5.08. The number of hydrogen-bond donors (Lipinski definition) is 2. The van der Waals surface area contributed by atoms with Crippen molar-refractivity contribution in [1.29, 1.82) is 0 Å². The summed E-state index contributed by atoms with van der Waals surface area (Å²) in [5.41, 5.74) is 2.59. The summed E-state index contributed by atoms with van der Waals surface area (Å²) in [4.78, 5) is 28.4. The zero-order valence-electron chi connectivity index (χ0n) is 22.9. The van der Waals surface area contributed by atoms with E-state index in [1.807, 2.05) is 19.1 Å². The van der Waals surface area contributed by atoms with Crippen molar-refractivity contribution in [2.45, 2.75) is 38.8 Å². The first kappa shape index (κ1) is 28.2. The van der Waals surface area contributed by atoms with Gasteiger partial charge in [-0.25, -0.2) is 9.97 Å². The van der Waals surface area contributed by atoms with Crippen molar-refractivity contribution in [2.24, 2.45) is 0 Å². The summed E-state index contributed by atoms with van der Waals surface area (Å²) in [7, 11) is 0. The van der Waals surface area contributed by atoms with Gasteiger partial charge in [0, 0.05) is 35.5 Å². The number of aromatic nitrogens is 3. The summed E-state index contributed by atoms with van der Waals surface area (Å²) in [5.74, 6) is -0.451. The minimum absolute atomic E-state index is 0.0422. The second-order valence-corrected chi connectivity index (χ2v) is 10.1. The number of piperidine rings is 1. The van der Waals surface area contributed by atoms with E-state index in [9.17, 15) is 18.0 Å². The zero-order chi connectivity index (χ0) is 29.0. The number of nitrogens with one attached hydrogen (secondary N) is 2. The molecular formula is C31H31F3N6O. The standard InChI is InChI=1S/C31H31F3N6O/c1-3-40-15-11-21(12-16-40)22-7-9-25(26(17-22)31(32,33)34)29(41)37-24-8-6-20(2)28(18-24)39-30-36-14-10-27(38-30)23-5-4-13-35-19-23/h4-10,13-14,17-19,21H,3,11-12,15-16H2,1-2H3,(H,37,41)(H,36,38,39).